The van der Waals surface area contributed by atoms with E-state index in [9.17, 15) is 9.90 Å². The zero-order valence-corrected chi connectivity index (χ0v) is 9.72. The molecule has 0 spiro atoms. The molecule has 1 N–H and O–H groups in total. The van der Waals surface area contributed by atoms with Gasteiger partial charge in [-0.05, 0) is 43.0 Å². The standard InChI is InChI=1S/C12H16O2S/c1-9-4-6-12(14,7-5-9)11(13)10-3-2-8-15-10/h2-3,8-9,14H,4-7H2,1H3. The zero-order valence-electron chi connectivity index (χ0n) is 8.90. The maximum absolute atomic E-state index is 12.0. The van der Waals surface area contributed by atoms with Crippen LogP contribution in [-0.4, -0.2) is 16.5 Å². The second kappa shape index (κ2) is 4.06. The summed E-state index contributed by atoms with van der Waals surface area (Å²) in [6.07, 6.45) is 3.14. The van der Waals surface area contributed by atoms with Gasteiger partial charge < -0.3 is 5.11 Å². The van der Waals surface area contributed by atoms with E-state index in [2.05, 4.69) is 6.92 Å². The molecule has 0 saturated heterocycles. The predicted molar refractivity (Wildman–Crippen MR) is 61.2 cm³/mol. The van der Waals surface area contributed by atoms with Gasteiger partial charge in [0.15, 0.2) is 0 Å². The van der Waals surface area contributed by atoms with E-state index in [4.69, 9.17) is 0 Å². The number of hydrogen-bond acceptors (Lipinski definition) is 3. The summed E-state index contributed by atoms with van der Waals surface area (Å²) in [5.74, 6) is 0.561. The van der Waals surface area contributed by atoms with Crippen LogP contribution >= 0.6 is 11.3 Å². The van der Waals surface area contributed by atoms with Gasteiger partial charge in [0, 0.05) is 0 Å². The first-order valence-corrected chi connectivity index (χ1v) is 6.30. The number of hydrogen-bond donors (Lipinski definition) is 1. The third kappa shape index (κ3) is 2.13. The molecule has 3 heteroatoms. The van der Waals surface area contributed by atoms with Crippen LogP contribution in [0.1, 0.15) is 42.3 Å². The molecule has 2 rings (SSSR count). The Morgan fingerprint density at radius 3 is 2.73 bits per heavy atom. The molecule has 1 aromatic rings. The lowest BCUT2D eigenvalue weighted by Gasteiger charge is -2.33. The fourth-order valence-electron chi connectivity index (χ4n) is 2.10. The fraction of sp³-hybridized carbons (Fsp3) is 0.583. The first kappa shape index (κ1) is 10.8. The Labute approximate surface area is 93.9 Å². The van der Waals surface area contributed by atoms with Crippen LogP contribution < -0.4 is 0 Å². The summed E-state index contributed by atoms with van der Waals surface area (Å²) >= 11 is 1.41. The van der Waals surface area contributed by atoms with Crippen molar-refractivity contribution in [2.75, 3.05) is 0 Å². The highest BCUT2D eigenvalue weighted by molar-refractivity contribution is 7.12. The quantitative estimate of drug-likeness (QED) is 0.784. The summed E-state index contributed by atoms with van der Waals surface area (Å²) in [5, 5.41) is 12.2. The molecule has 1 fully saturated rings. The van der Waals surface area contributed by atoms with Gasteiger partial charge in [0.1, 0.15) is 5.60 Å². The number of aliphatic hydroxyl groups is 1. The summed E-state index contributed by atoms with van der Waals surface area (Å²) < 4.78 is 0. The van der Waals surface area contributed by atoms with E-state index in [0.717, 1.165) is 12.8 Å². The molecule has 0 atom stereocenters. The second-order valence-electron chi connectivity index (χ2n) is 4.52. The summed E-state index contributed by atoms with van der Waals surface area (Å²) in [4.78, 5) is 12.7. The van der Waals surface area contributed by atoms with E-state index < -0.39 is 5.60 Å². The van der Waals surface area contributed by atoms with Gasteiger partial charge in [-0.2, -0.15) is 0 Å². The van der Waals surface area contributed by atoms with Crippen LogP contribution in [0.5, 0.6) is 0 Å². The minimum atomic E-state index is -1.09. The van der Waals surface area contributed by atoms with E-state index in [0.29, 0.717) is 23.6 Å². The minimum Gasteiger partial charge on any atom is -0.382 e. The molecule has 0 amide bonds. The average Bonchev–Trinajstić information content (AvgIpc) is 2.75. The molecule has 1 aliphatic rings. The molecule has 1 aliphatic carbocycles. The Hall–Kier alpha value is -0.670. The number of carbonyl (C=O) groups is 1. The largest absolute Gasteiger partial charge is 0.382 e. The van der Waals surface area contributed by atoms with Gasteiger partial charge in [-0.3, -0.25) is 4.79 Å². The van der Waals surface area contributed by atoms with Gasteiger partial charge in [-0.15, -0.1) is 11.3 Å². The van der Waals surface area contributed by atoms with Crippen LogP contribution in [0.2, 0.25) is 0 Å². The lowest BCUT2D eigenvalue weighted by atomic mass is 9.77. The van der Waals surface area contributed by atoms with Crippen molar-refractivity contribution in [1.82, 2.24) is 0 Å². The summed E-state index contributed by atoms with van der Waals surface area (Å²) in [6, 6.07) is 3.65. The molecule has 1 aromatic heterocycles. The molecular weight excluding hydrogens is 208 g/mol. The lowest BCUT2D eigenvalue weighted by molar-refractivity contribution is 0.00463. The number of rotatable bonds is 2. The first-order valence-electron chi connectivity index (χ1n) is 5.42. The molecular formula is C12H16O2S. The van der Waals surface area contributed by atoms with Gasteiger partial charge in [0.05, 0.1) is 4.88 Å². The molecule has 0 aliphatic heterocycles. The van der Waals surface area contributed by atoms with Crippen molar-refractivity contribution < 1.29 is 9.90 Å². The number of ketones is 1. The third-order valence-corrected chi connectivity index (χ3v) is 4.14. The van der Waals surface area contributed by atoms with Crippen molar-refractivity contribution in [3.05, 3.63) is 22.4 Å². The van der Waals surface area contributed by atoms with Crippen LogP contribution in [0.15, 0.2) is 17.5 Å². The highest BCUT2D eigenvalue weighted by Gasteiger charge is 2.39. The van der Waals surface area contributed by atoms with E-state index in [1.165, 1.54) is 11.3 Å². The molecule has 0 bridgehead atoms. The van der Waals surface area contributed by atoms with Gasteiger partial charge in [-0.1, -0.05) is 13.0 Å². The Kier molecular flexibility index (Phi) is 2.94. The van der Waals surface area contributed by atoms with E-state index >= 15 is 0 Å². The normalized spacial score (nSPS) is 31.5. The Balaban J connectivity index is 2.13. The van der Waals surface area contributed by atoms with Gasteiger partial charge in [-0.25, -0.2) is 0 Å². The second-order valence-corrected chi connectivity index (χ2v) is 5.47. The summed E-state index contributed by atoms with van der Waals surface area (Å²) in [7, 11) is 0. The number of carbonyl (C=O) groups excluding carboxylic acids is 1. The van der Waals surface area contributed by atoms with Gasteiger partial charge in [0.2, 0.25) is 5.78 Å². The van der Waals surface area contributed by atoms with Crippen LogP contribution in [0.25, 0.3) is 0 Å². The molecule has 1 heterocycles. The van der Waals surface area contributed by atoms with Crippen molar-refractivity contribution in [3.63, 3.8) is 0 Å². The van der Waals surface area contributed by atoms with Crippen LogP contribution in [0.4, 0.5) is 0 Å². The van der Waals surface area contributed by atoms with Crippen molar-refractivity contribution in [1.29, 1.82) is 0 Å². The fourth-order valence-corrected chi connectivity index (χ4v) is 2.86. The molecule has 1 saturated carbocycles. The zero-order chi connectivity index (χ0) is 10.9. The van der Waals surface area contributed by atoms with Crippen LogP contribution in [-0.2, 0) is 0 Å². The number of thiophene rings is 1. The van der Waals surface area contributed by atoms with Crippen LogP contribution in [0, 0.1) is 5.92 Å². The third-order valence-electron chi connectivity index (χ3n) is 3.27. The topological polar surface area (TPSA) is 37.3 Å². The van der Waals surface area contributed by atoms with Crippen molar-refractivity contribution in [2.24, 2.45) is 5.92 Å². The molecule has 0 unspecified atom stereocenters. The number of Topliss-reactive ketones (excluding diaryl/α,β-unsaturated/α-hetero) is 1. The molecule has 82 valence electrons. The Morgan fingerprint density at radius 2 is 2.20 bits per heavy atom. The Morgan fingerprint density at radius 1 is 1.53 bits per heavy atom. The monoisotopic (exact) mass is 224 g/mol. The summed E-state index contributed by atoms with van der Waals surface area (Å²) in [5.41, 5.74) is -1.09. The smallest absolute Gasteiger partial charge is 0.204 e. The van der Waals surface area contributed by atoms with Gasteiger partial charge >= 0.3 is 0 Å². The molecule has 0 radical (unpaired) electrons. The Bertz CT molecular complexity index is 335. The highest BCUT2D eigenvalue weighted by atomic mass is 32.1. The lowest BCUT2D eigenvalue weighted by Crippen LogP contribution is -2.41. The molecule has 2 nitrogen and oxygen atoms in total. The van der Waals surface area contributed by atoms with E-state index in [1.54, 1.807) is 6.07 Å². The molecule has 15 heavy (non-hydrogen) atoms. The predicted octanol–water partition coefficient (Wildman–Crippen LogP) is 2.87. The SMILES string of the molecule is CC1CCC(O)(C(=O)c2cccs2)CC1. The summed E-state index contributed by atoms with van der Waals surface area (Å²) in [6.45, 7) is 2.18. The maximum atomic E-state index is 12.0. The van der Waals surface area contributed by atoms with Crippen molar-refractivity contribution in [3.8, 4) is 0 Å². The van der Waals surface area contributed by atoms with E-state index in [1.807, 2.05) is 11.4 Å². The molecule has 0 aromatic carbocycles. The van der Waals surface area contributed by atoms with Gasteiger partial charge in [0.25, 0.3) is 0 Å². The highest BCUT2D eigenvalue weighted by Crippen LogP contribution is 2.34. The van der Waals surface area contributed by atoms with Crippen LogP contribution in [0.3, 0.4) is 0 Å². The minimum absolute atomic E-state index is 0.0793. The van der Waals surface area contributed by atoms with Crippen molar-refractivity contribution >= 4 is 17.1 Å². The average molecular weight is 224 g/mol. The maximum Gasteiger partial charge on any atom is 0.204 e. The first-order chi connectivity index (χ1) is 7.12. The van der Waals surface area contributed by atoms with E-state index in [-0.39, 0.29) is 5.78 Å². The van der Waals surface area contributed by atoms with Crippen molar-refractivity contribution in [2.45, 2.75) is 38.2 Å².